The number of benzene rings is 1. The molecule has 0 aliphatic carbocycles. The predicted molar refractivity (Wildman–Crippen MR) is 93.5 cm³/mol. The van der Waals surface area contributed by atoms with Gasteiger partial charge in [-0.3, -0.25) is 9.69 Å². The van der Waals surface area contributed by atoms with E-state index in [1.54, 1.807) is 0 Å². The first-order chi connectivity index (χ1) is 12.1. The van der Waals surface area contributed by atoms with Crippen LogP contribution in [0.2, 0.25) is 0 Å². The molecule has 2 aromatic rings. The molecule has 1 aliphatic rings. The lowest BCUT2D eigenvalue weighted by Gasteiger charge is -2.38. The Morgan fingerprint density at radius 3 is 2.48 bits per heavy atom. The molecule has 6 nitrogen and oxygen atoms in total. The number of aryl methyl sites for hydroxylation is 1. The molecular weight excluding hydrogens is 321 g/mol. The van der Waals surface area contributed by atoms with Crippen molar-refractivity contribution in [2.24, 2.45) is 5.73 Å². The zero-order valence-electron chi connectivity index (χ0n) is 14.2. The first kappa shape index (κ1) is 17.3. The zero-order chi connectivity index (χ0) is 17.8. The zero-order valence-corrected chi connectivity index (χ0v) is 14.2. The molecule has 1 fully saturated rings. The number of nitrogens with zero attached hydrogens (tertiary/aromatic N) is 4. The number of hydrogen-bond acceptors (Lipinski definition) is 5. The van der Waals surface area contributed by atoms with Gasteiger partial charge in [-0.2, -0.15) is 0 Å². The molecule has 0 bridgehead atoms. The van der Waals surface area contributed by atoms with Gasteiger partial charge in [-0.05, 0) is 12.0 Å². The number of amides is 1. The van der Waals surface area contributed by atoms with Gasteiger partial charge in [-0.15, -0.1) is 0 Å². The number of primary amides is 1. The van der Waals surface area contributed by atoms with Crippen LogP contribution in [0.1, 0.15) is 24.2 Å². The second-order valence-corrected chi connectivity index (χ2v) is 6.05. The van der Waals surface area contributed by atoms with Crippen LogP contribution in [0.15, 0.2) is 36.7 Å². The van der Waals surface area contributed by atoms with E-state index in [1.807, 2.05) is 47.1 Å². The lowest BCUT2D eigenvalue weighted by atomic mass is 10.0. The number of carbonyl (C=O) groups is 1. The average Bonchev–Trinajstić information content (AvgIpc) is 2.63. The lowest BCUT2D eigenvalue weighted by Crippen LogP contribution is -2.50. The van der Waals surface area contributed by atoms with E-state index in [-0.39, 0.29) is 11.7 Å². The van der Waals surface area contributed by atoms with Crippen molar-refractivity contribution in [2.45, 2.75) is 19.4 Å². The Balaban J connectivity index is 1.74. The summed E-state index contributed by atoms with van der Waals surface area (Å²) in [6, 6.07) is 9.03. The lowest BCUT2D eigenvalue weighted by molar-refractivity contribution is -0.123. The maximum atomic E-state index is 14.5. The smallest absolute Gasteiger partial charge is 0.239 e. The molecular formula is C18H22FN5O. The summed E-state index contributed by atoms with van der Waals surface area (Å²) in [6.07, 6.45) is 1.93. The Hall–Kier alpha value is -2.54. The highest BCUT2D eigenvalue weighted by Gasteiger charge is 2.30. The molecule has 0 saturated carbocycles. The Morgan fingerprint density at radius 1 is 1.20 bits per heavy atom. The molecule has 0 spiro atoms. The van der Waals surface area contributed by atoms with E-state index in [0.29, 0.717) is 44.1 Å². The number of halogens is 1. The van der Waals surface area contributed by atoms with Crippen molar-refractivity contribution < 1.29 is 9.18 Å². The van der Waals surface area contributed by atoms with E-state index in [9.17, 15) is 9.18 Å². The van der Waals surface area contributed by atoms with E-state index in [4.69, 9.17) is 5.73 Å². The van der Waals surface area contributed by atoms with Crippen LogP contribution in [-0.2, 0) is 11.2 Å². The van der Waals surface area contributed by atoms with Crippen molar-refractivity contribution in [3.8, 4) is 0 Å². The van der Waals surface area contributed by atoms with Crippen molar-refractivity contribution in [1.29, 1.82) is 0 Å². The second-order valence-electron chi connectivity index (χ2n) is 6.05. The van der Waals surface area contributed by atoms with Gasteiger partial charge in [0.1, 0.15) is 12.4 Å². The molecule has 1 atom stereocenters. The maximum Gasteiger partial charge on any atom is 0.239 e. The van der Waals surface area contributed by atoms with Gasteiger partial charge in [0.05, 0.1) is 5.69 Å². The third-order valence-corrected chi connectivity index (χ3v) is 4.54. The number of aromatic nitrogens is 2. The number of anilines is 1. The van der Waals surface area contributed by atoms with Crippen molar-refractivity contribution in [1.82, 2.24) is 14.9 Å². The molecule has 1 aromatic carbocycles. The summed E-state index contributed by atoms with van der Waals surface area (Å²) < 4.78 is 14.5. The first-order valence-electron chi connectivity index (χ1n) is 8.44. The van der Waals surface area contributed by atoms with Crippen LogP contribution in [0.3, 0.4) is 0 Å². The van der Waals surface area contributed by atoms with Crippen molar-refractivity contribution in [2.75, 3.05) is 31.1 Å². The normalized spacial score (nSPS) is 16.6. The Kier molecular flexibility index (Phi) is 5.23. The van der Waals surface area contributed by atoms with Gasteiger partial charge in [0.2, 0.25) is 5.91 Å². The topological polar surface area (TPSA) is 75.3 Å². The second kappa shape index (κ2) is 7.57. The standard InChI is InChI=1S/C18H22FN5O/c1-2-14-15(19)18(22-12-21-14)24-10-8-23(9-11-24)16(17(20)25)13-6-4-3-5-7-13/h3-7,12,16H,2,8-11H2,1H3,(H2,20,25)/t16-/m0/s1. The number of piperazine rings is 1. The van der Waals surface area contributed by atoms with E-state index < -0.39 is 6.04 Å². The molecule has 0 radical (unpaired) electrons. The van der Waals surface area contributed by atoms with Gasteiger partial charge >= 0.3 is 0 Å². The summed E-state index contributed by atoms with van der Waals surface area (Å²) >= 11 is 0. The molecule has 2 heterocycles. The van der Waals surface area contributed by atoms with Gasteiger partial charge in [0, 0.05) is 26.2 Å². The van der Waals surface area contributed by atoms with Gasteiger partial charge in [0.15, 0.2) is 11.6 Å². The minimum absolute atomic E-state index is 0.335. The molecule has 0 unspecified atom stereocenters. The SMILES string of the molecule is CCc1ncnc(N2CCN([C@H](C(N)=O)c3ccccc3)CC2)c1F. The highest BCUT2D eigenvalue weighted by molar-refractivity contribution is 5.81. The van der Waals surface area contributed by atoms with Crippen LogP contribution in [0, 0.1) is 5.82 Å². The number of hydrogen-bond donors (Lipinski definition) is 1. The fraction of sp³-hybridized carbons (Fsp3) is 0.389. The van der Waals surface area contributed by atoms with E-state index in [2.05, 4.69) is 9.97 Å². The highest BCUT2D eigenvalue weighted by Crippen LogP contribution is 2.25. The van der Waals surface area contributed by atoms with Gasteiger partial charge in [-0.1, -0.05) is 37.3 Å². The maximum absolute atomic E-state index is 14.5. The third-order valence-electron chi connectivity index (χ3n) is 4.54. The minimum Gasteiger partial charge on any atom is -0.368 e. The fourth-order valence-electron chi connectivity index (χ4n) is 3.24. The van der Waals surface area contributed by atoms with Gasteiger partial charge < -0.3 is 10.6 Å². The summed E-state index contributed by atoms with van der Waals surface area (Å²) in [7, 11) is 0. The molecule has 1 aromatic heterocycles. The largest absolute Gasteiger partial charge is 0.368 e. The first-order valence-corrected chi connectivity index (χ1v) is 8.44. The van der Waals surface area contributed by atoms with Gasteiger partial charge in [0.25, 0.3) is 0 Å². The quantitative estimate of drug-likeness (QED) is 0.891. The Labute approximate surface area is 146 Å². The minimum atomic E-state index is -0.468. The van der Waals surface area contributed by atoms with Crippen molar-refractivity contribution >= 4 is 11.7 Å². The van der Waals surface area contributed by atoms with Crippen molar-refractivity contribution in [3.63, 3.8) is 0 Å². The van der Waals surface area contributed by atoms with Crippen LogP contribution >= 0.6 is 0 Å². The van der Waals surface area contributed by atoms with Crippen LogP contribution in [0.4, 0.5) is 10.2 Å². The van der Waals surface area contributed by atoms with E-state index in [1.165, 1.54) is 6.33 Å². The molecule has 2 N–H and O–H groups in total. The highest BCUT2D eigenvalue weighted by atomic mass is 19.1. The molecule has 1 amide bonds. The Morgan fingerprint density at radius 2 is 1.88 bits per heavy atom. The molecule has 3 rings (SSSR count). The molecule has 132 valence electrons. The van der Waals surface area contributed by atoms with Crippen LogP contribution in [-0.4, -0.2) is 47.0 Å². The average molecular weight is 343 g/mol. The van der Waals surface area contributed by atoms with Gasteiger partial charge in [-0.25, -0.2) is 14.4 Å². The van der Waals surface area contributed by atoms with Crippen LogP contribution in [0.25, 0.3) is 0 Å². The van der Waals surface area contributed by atoms with Crippen molar-refractivity contribution in [3.05, 3.63) is 53.7 Å². The van der Waals surface area contributed by atoms with E-state index in [0.717, 1.165) is 5.56 Å². The van der Waals surface area contributed by atoms with E-state index >= 15 is 0 Å². The number of nitrogens with two attached hydrogens (primary N) is 1. The summed E-state index contributed by atoms with van der Waals surface area (Å²) in [6.45, 7) is 4.23. The number of carbonyl (C=O) groups excluding carboxylic acids is 1. The summed E-state index contributed by atoms with van der Waals surface area (Å²) in [5, 5.41) is 0. The molecule has 25 heavy (non-hydrogen) atoms. The third kappa shape index (κ3) is 3.61. The molecule has 1 saturated heterocycles. The summed E-state index contributed by atoms with van der Waals surface area (Å²) in [4.78, 5) is 24.0. The molecule has 7 heteroatoms. The predicted octanol–water partition coefficient (Wildman–Crippen LogP) is 1.53. The summed E-state index contributed by atoms with van der Waals surface area (Å²) in [5.74, 6) is -0.393. The van der Waals surface area contributed by atoms with Crippen LogP contribution < -0.4 is 10.6 Å². The molecule has 1 aliphatic heterocycles. The number of rotatable bonds is 5. The fourth-order valence-corrected chi connectivity index (χ4v) is 3.24. The Bertz CT molecular complexity index is 732. The van der Waals surface area contributed by atoms with Crippen LogP contribution in [0.5, 0.6) is 0 Å². The monoisotopic (exact) mass is 343 g/mol. The summed E-state index contributed by atoms with van der Waals surface area (Å²) in [5.41, 5.74) is 6.93.